The lowest BCUT2D eigenvalue weighted by Crippen LogP contribution is -2.24. The predicted molar refractivity (Wildman–Crippen MR) is 160 cm³/mol. The monoisotopic (exact) mass is 526 g/mol. The summed E-state index contributed by atoms with van der Waals surface area (Å²) in [4.78, 5) is 0. The largest absolute Gasteiger partial charge is 0.463 e. The van der Waals surface area contributed by atoms with Gasteiger partial charge in [0.15, 0.2) is 0 Å². The summed E-state index contributed by atoms with van der Waals surface area (Å²) < 4.78 is 20.0. The first-order valence-corrected chi connectivity index (χ1v) is 14.8. The van der Waals surface area contributed by atoms with E-state index in [2.05, 4.69) is 128 Å². The van der Waals surface area contributed by atoms with Crippen LogP contribution in [0.15, 0.2) is 24.3 Å². The van der Waals surface area contributed by atoms with E-state index >= 15 is 0 Å². The van der Waals surface area contributed by atoms with E-state index in [-0.39, 0.29) is 21.7 Å². The topological polar surface area (TPSA) is 27.7 Å². The molecule has 3 nitrogen and oxygen atoms in total. The summed E-state index contributed by atoms with van der Waals surface area (Å²) in [5, 5.41) is 0. The Labute approximate surface area is 228 Å². The molecule has 0 spiro atoms. The summed E-state index contributed by atoms with van der Waals surface area (Å²) in [5.41, 5.74) is 6.91. The molecule has 4 heteroatoms. The Morgan fingerprint density at radius 2 is 0.892 bits per heavy atom. The molecule has 206 valence electrons. The highest BCUT2D eigenvalue weighted by atomic mass is 31.2. The van der Waals surface area contributed by atoms with Crippen LogP contribution in [0, 0.1) is 0 Å². The van der Waals surface area contributed by atoms with Crippen molar-refractivity contribution in [3.63, 3.8) is 0 Å². The van der Waals surface area contributed by atoms with Crippen molar-refractivity contribution in [2.75, 3.05) is 0 Å². The lowest BCUT2D eigenvalue weighted by atomic mass is 9.76. The highest BCUT2D eigenvalue weighted by Crippen LogP contribution is 2.54. The van der Waals surface area contributed by atoms with E-state index in [1.54, 1.807) is 0 Å². The highest BCUT2D eigenvalue weighted by Gasteiger charge is 2.36. The molecule has 0 radical (unpaired) electrons. The fraction of sp³-hybridized carbons (Fsp3) is 0.636. The molecule has 2 aromatic rings. The summed E-state index contributed by atoms with van der Waals surface area (Å²) in [6.45, 7) is 33.4. The molecule has 0 bridgehead atoms. The minimum Gasteiger partial charge on any atom is -0.417 e. The molecule has 1 heterocycles. The van der Waals surface area contributed by atoms with Gasteiger partial charge in [-0.25, -0.2) is 0 Å². The van der Waals surface area contributed by atoms with Crippen LogP contribution < -0.4 is 9.05 Å². The van der Waals surface area contributed by atoms with Crippen molar-refractivity contribution >= 4 is 8.60 Å². The summed E-state index contributed by atoms with van der Waals surface area (Å²) >= 11 is 0. The molecule has 0 aliphatic carbocycles. The van der Waals surface area contributed by atoms with Crippen molar-refractivity contribution < 1.29 is 13.6 Å². The van der Waals surface area contributed by atoms with E-state index < -0.39 is 14.2 Å². The van der Waals surface area contributed by atoms with Crippen molar-refractivity contribution in [2.45, 2.75) is 138 Å². The second-order valence-electron chi connectivity index (χ2n) is 15.8. The van der Waals surface area contributed by atoms with Gasteiger partial charge < -0.3 is 9.05 Å². The molecule has 1 aliphatic heterocycles. The SMILES string of the molecule is CC(C)(C)OP1Oc2c(cc(C(C)(C)C)cc2C(C)(C)C)Cc2cc(C(C)(C)C)cc(C(C)(C)C)c2O1. The minimum atomic E-state index is -1.68. The zero-order valence-electron chi connectivity index (χ0n) is 26.2. The standard InChI is InChI=1S/C33H51O3P/c1-29(2,3)23-17-21-16-22-18-24(30(4,5)6)20-26(32(10,11)12)28(22)35-37(36-33(13,14)15)34-27(21)25(19-23)31(7,8)9/h17-20H,16H2,1-15H3. The summed E-state index contributed by atoms with van der Waals surface area (Å²) in [6.07, 6.45) is 0.753. The Hall–Kier alpha value is -1.57. The van der Waals surface area contributed by atoms with Gasteiger partial charge in [-0.1, -0.05) is 107 Å². The average molecular weight is 527 g/mol. The van der Waals surface area contributed by atoms with Crippen molar-refractivity contribution in [1.82, 2.24) is 0 Å². The van der Waals surface area contributed by atoms with Gasteiger partial charge in [0.1, 0.15) is 11.5 Å². The molecule has 0 atom stereocenters. The zero-order chi connectivity index (χ0) is 28.4. The highest BCUT2D eigenvalue weighted by molar-refractivity contribution is 7.42. The molecule has 0 saturated carbocycles. The second kappa shape index (κ2) is 9.56. The Bertz CT molecular complexity index is 1060. The maximum Gasteiger partial charge on any atom is 0.463 e. The second-order valence-corrected chi connectivity index (χ2v) is 16.8. The average Bonchev–Trinajstić information content (AvgIpc) is 2.63. The van der Waals surface area contributed by atoms with Gasteiger partial charge in [0.25, 0.3) is 0 Å². The van der Waals surface area contributed by atoms with Crippen LogP contribution in [0.3, 0.4) is 0 Å². The van der Waals surface area contributed by atoms with Crippen LogP contribution >= 0.6 is 8.60 Å². The smallest absolute Gasteiger partial charge is 0.417 e. The molecule has 0 unspecified atom stereocenters. The van der Waals surface area contributed by atoms with E-state index in [0.717, 1.165) is 17.9 Å². The number of hydrogen-bond acceptors (Lipinski definition) is 3. The normalized spacial score (nSPS) is 15.8. The van der Waals surface area contributed by atoms with Gasteiger partial charge in [0.05, 0.1) is 5.60 Å². The van der Waals surface area contributed by atoms with E-state index in [4.69, 9.17) is 13.6 Å². The zero-order valence-corrected chi connectivity index (χ0v) is 27.1. The molecule has 0 aromatic heterocycles. The molecule has 0 N–H and O–H groups in total. The Morgan fingerprint density at radius 3 is 1.16 bits per heavy atom. The van der Waals surface area contributed by atoms with Crippen molar-refractivity contribution in [1.29, 1.82) is 0 Å². The number of hydrogen-bond donors (Lipinski definition) is 0. The van der Waals surface area contributed by atoms with Crippen LogP contribution in [-0.4, -0.2) is 5.60 Å². The number of rotatable bonds is 1. The van der Waals surface area contributed by atoms with Gasteiger partial charge in [-0.05, 0) is 64.7 Å². The Morgan fingerprint density at radius 1 is 0.541 bits per heavy atom. The lowest BCUT2D eigenvalue weighted by molar-refractivity contribution is 0.114. The lowest BCUT2D eigenvalue weighted by Gasteiger charge is -2.35. The van der Waals surface area contributed by atoms with Crippen LogP contribution in [0.2, 0.25) is 0 Å². The van der Waals surface area contributed by atoms with Crippen LogP contribution in [0.25, 0.3) is 0 Å². The molecule has 2 aromatic carbocycles. The van der Waals surface area contributed by atoms with Crippen LogP contribution in [0.1, 0.15) is 137 Å². The Balaban J connectivity index is 2.42. The van der Waals surface area contributed by atoms with Crippen molar-refractivity contribution in [3.8, 4) is 11.5 Å². The third-order valence-corrected chi connectivity index (χ3v) is 8.10. The van der Waals surface area contributed by atoms with E-state index in [9.17, 15) is 0 Å². The van der Waals surface area contributed by atoms with Gasteiger partial charge in [0, 0.05) is 17.5 Å². The Kier molecular flexibility index (Phi) is 7.75. The third kappa shape index (κ3) is 7.10. The predicted octanol–water partition coefficient (Wildman–Crippen LogP) is 10.3. The molecule has 0 saturated heterocycles. The summed E-state index contributed by atoms with van der Waals surface area (Å²) in [5.74, 6) is 1.83. The van der Waals surface area contributed by atoms with Gasteiger partial charge in [-0.2, -0.15) is 0 Å². The van der Waals surface area contributed by atoms with Gasteiger partial charge in [-0.3, -0.25) is 4.52 Å². The third-order valence-electron chi connectivity index (χ3n) is 6.74. The first-order valence-electron chi connectivity index (χ1n) is 13.7. The number of fused-ring (bicyclic) bond motifs is 2. The van der Waals surface area contributed by atoms with Crippen LogP contribution in [-0.2, 0) is 32.6 Å². The van der Waals surface area contributed by atoms with Gasteiger partial charge >= 0.3 is 8.60 Å². The van der Waals surface area contributed by atoms with Crippen LogP contribution in [0.5, 0.6) is 11.5 Å². The maximum atomic E-state index is 6.78. The molecule has 37 heavy (non-hydrogen) atoms. The van der Waals surface area contributed by atoms with E-state index in [0.29, 0.717) is 0 Å². The summed E-state index contributed by atoms with van der Waals surface area (Å²) in [7, 11) is -1.68. The van der Waals surface area contributed by atoms with E-state index in [1.807, 2.05) is 0 Å². The quantitative estimate of drug-likeness (QED) is 0.346. The fourth-order valence-electron chi connectivity index (χ4n) is 4.47. The van der Waals surface area contributed by atoms with Crippen LogP contribution in [0.4, 0.5) is 0 Å². The molecule has 1 aliphatic rings. The fourth-order valence-corrected chi connectivity index (χ4v) is 5.76. The molecule has 0 amide bonds. The first kappa shape index (κ1) is 30.0. The van der Waals surface area contributed by atoms with Gasteiger partial charge in [-0.15, -0.1) is 0 Å². The maximum absolute atomic E-state index is 6.78. The van der Waals surface area contributed by atoms with E-state index in [1.165, 1.54) is 33.4 Å². The van der Waals surface area contributed by atoms with Crippen molar-refractivity contribution in [3.05, 3.63) is 57.6 Å². The van der Waals surface area contributed by atoms with Gasteiger partial charge in [0.2, 0.25) is 0 Å². The minimum absolute atomic E-state index is 0.0210. The molecule has 0 fully saturated rings. The van der Waals surface area contributed by atoms with Crippen molar-refractivity contribution in [2.24, 2.45) is 0 Å². The first-order chi connectivity index (χ1) is 16.5. The molecular weight excluding hydrogens is 475 g/mol. The molecular formula is C33H51O3P. The number of benzene rings is 2. The summed E-state index contributed by atoms with van der Waals surface area (Å²) in [6, 6.07) is 9.37. The molecule has 3 rings (SSSR count).